The van der Waals surface area contributed by atoms with Gasteiger partial charge in [0.25, 0.3) is 0 Å². The van der Waals surface area contributed by atoms with Gasteiger partial charge in [-0.05, 0) is 57.6 Å². The smallest absolute Gasteiger partial charge is 0.0713 e. The maximum absolute atomic E-state index is 4.19. The minimum Gasteiger partial charge on any atom is -0.373 e. The fourth-order valence-electron chi connectivity index (χ4n) is 5.02. The molecule has 0 bridgehead atoms. The van der Waals surface area contributed by atoms with Crippen molar-refractivity contribution < 1.29 is 0 Å². The predicted molar refractivity (Wildman–Crippen MR) is 161 cm³/mol. The zero-order valence-electron chi connectivity index (χ0n) is 21.9. The Labute approximate surface area is 229 Å². The maximum Gasteiger partial charge on any atom is 0.0713 e. The summed E-state index contributed by atoms with van der Waals surface area (Å²) in [6.07, 6.45) is 0. The first kappa shape index (κ1) is 25.3. The molecular weight excluding hydrogens is 489 g/mol. The van der Waals surface area contributed by atoms with Crippen LogP contribution in [0.25, 0.3) is 11.1 Å². The largest absolute Gasteiger partial charge is 0.373 e. The van der Waals surface area contributed by atoms with Crippen molar-refractivity contribution in [2.24, 2.45) is 0 Å². The number of fused-ring (bicyclic) bond motifs is 3. The molecule has 0 radical (unpaired) electrons. The highest BCUT2D eigenvalue weighted by Gasteiger charge is 2.45. The van der Waals surface area contributed by atoms with Gasteiger partial charge in [-0.2, -0.15) is 0 Å². The van der Waals surface area contributed by atoms with E-state index in [-0.39, 0.29) is 0 Å². The normalized spacial score (nSPS) is 13.0. The van der Waals surface area contributed by atoms with Crippen LogP contribution in [0.3, 0.4) is 0 Å². The first-order chi connectivity index (χ1) is 17.8. The van der Waals surface area contributed by atoms with Crippen molar-refractivity contribution in [3.8, 4) is 11.1 Å². The maximum atomic E-state index is 4.19. The third kappa shape index (κ3) is 4.49. The van der Waals surface area contributed by atoms with E-state index < -0.39 is 5.41 Å². The molecule has 0 aliphatic heterocycles. The summed E-state index contributed by atoms with van der Waals surface area (Å²) in [6, 6.07) is 35.8. The summed E-state index contributed by atoms with van der Waals surface area (Å²) < 4.78 is 0. The van der Waals surface area contributed by atoms with Crippen LogP contribution in [0.1, 0.15) is 22.3 Å². The van der Waals surface area contributed by atoms with Crippen LogP contribution in [0.5, 0.6) is 0 Å². The molecule has 0 heterocycles. The highest BCUT2D eigenvalue weighted by atomic mass is 32.2. The van der Waals surface area contributed by atoms with E-state index in [4.69, 9.17) is 0 Å². The summed E-state index contributed by atoms with van der Waals surface area (Å²) in [4.78, 5) is 6.47. The Bertz CT molecular complexity index is 1340. The fourth-order valence-corrected chi connectivity index (χ4v) is 6.48. The van der Waals surface area contributed by atoms with E-state index >= 15 is 0 Å². The quantitative estimate of drug-likeness (QED) is 0.190. The molecular formula is C33H32N2S2. The average Bonchev–Trinajstić information content (AvgIpc) is 3.21. The van der Waals surface area contributed by atoms with Gasteiger partial charge in [0.15, 0.2) is 0 Å². The second-order valence-electron chi connectivity index (χ2n) is 9.67. The van der Waals surface area contributed by atoms with Crippen LogP contribution in [0.2, 0.25) is 0 Å². The molecule has 0 N–H and O–H groups in total. The molecule has 0 amide bonds. The van der Waals surface area contributed by atoms with Crippen LogP contribution in [-0.4, -0.2) is 38.0 Å². The molecule has 2 nitrogen and oxygen atoms in total. The molecule has 0 atom stereocenters. The highest BCUT2D eigenvalue weighted by molar-refractivity contribution is 8.03. The van der Waals surface area contributed by atoms with Crippen LogP contribution in [-0.2, 0) is 5.41 Å². The number of hydrogen-bond donors (Lipinski definition) is 0. The second kappa shape index (κ2) is 10.2. The first-order valence-corrected chi connectivity index (χ1v) is 13.9. The van der Waals surface area contributed by atoms with Gasteiger partial charge in [-0.25, -0.2) is 0 Å². The Morgan fingerprint density at radius 2 is 0.892 bits per heavy atom. The molecule has 0 unspecified atom stereocenters. The van der Waals surface area contributed by atoms with Crippen LogP contribution >= 0.6 is 23.5 Å². The van der Waals surface area contributed by atoms with Crippen molar-refractivity contribution in [2.45, 2.75) is 15.2 Å². The molecule has 4 heteroatoms. The standard InChI is InChI=1S/C33H32N2S2/c1-23(34(3)4)36-27-19-15-25(16-20-27)33(26-17-21-28(22-18-26)37-24(2)35(5)6)31-13-9-7-11-29(31)30-12-8-10-14-32(30)33/h7-22H,1-2H2,3-6H3. The molecule has 5 rings (SSSR count). The molecule has 0 aromatic heterocycles. The van der Waals surface area contributed by atoms with E-state index in [1.54, 1.807) is 23.5 Å². The zero-order chi connectivity index (χ0) is 26.2. The Hall–Kier alpha value is -3.34. The lowest BCUT2D eigenvalue weighted by molar-refractivity contribution is 0.552. The third-order valence-electron chi connectivity index (χ3n) is 7.00. The van der Waals surface area contributed by atoms with Gasteiger partial charge < -0.3 is 9.80 Å². The van der Waals surface area contributed by atoms with Crippen molar-refractivity contribution in [1.82, 2.24) is 9.80 Å². The second-order valence-corrected chi connectivity index (χ2v) is 12.0. The molecule has 4 aromatic carbocycles. The van der Waals surface area contributed by atoms with Gasteiger partial charge in [-0.15, -0.1) is 0 Å². The molecule has 186 valence electrons. The summed E-state index contributed by atoms with van der Waals surface area (Å²) in [6.45, 7) is 8.37. The van der Waals surface area contributed by atoms with E-state index in [1.165, 1.54) is 43.2 Å². The Kier molecular flexibility index (Phi) is 6.98. The lowest BCUT2D eigenvalue weighted by Gasteiger charge is -2.34. The van der Waals surface area contributed by atoms with Crippen molar-refractivity contribution in [1.29, 1.82) is 0 Å². The Balaban J connectivity index is 1.68. The van der Waals surface area contributed by atoms with Crippen molar-refractivity contribution in [3.63, 3.8) is 0 Å². The van der Waals surface area contributed by atoms with Gasteiger partial charge in [-0.1, -0.05) is 109 Å². The Morgan fingerprint density at radius 3 is 1.24 bits per heavy atom. The van der Waals surface area contributed by atoms with Gasteiger partial charge in [0.2, 0.25) is 0 Å². The van der Waals surface area contributed by atoms with Crippen LogP contribution in [0.15, 0.2) is 130 Å². The molecule has 0 saturated carbocycles. The first-order valence-electron chi connectivity index (χ1n) is 12.3. The van der Waals surface area contributed by atoms with E-state index in [0.717, 1.165) is 10.1 Å². The molecule has 1 aliphatic rings. The number of hydrogen-bond acceptors (Lipinski definition) is 4. The van der Waals surface area contributed by atoms with Crippen LogP contribution < -0.4 is 0 Å². The van der Waals surface area contributed by atoms with Crippen molar-refractivity contribution in [2.75, 3.05) is 28.2 Å². The summed E-state index contributed by atoms with van der Waals surface area (Å²) >= 11 is 3.39. The number of rotatable bonds is 8. The third-order valence-corrected chi connectivity index (χ3v) is 9.21. The van der Waals surface area contributed by atoms with Gasteiger partial charge in [0, 0.05) is 38.0 Å². The minimum absolute atomic E-state index is 0.392. The van der Waals surface area contributed by atoms with E-state index in [0.29, 0.717) is 0 Å². The SMILES string of the molecule is C=C(Sc1ccc(C2(c3ccc(SC(=C)N(C)C)cc3)c3ccccc3-c3ccccc32)cc1)N(C)C. The van der Waals surface area contributed by atoms with Gasteiger partial charge in [0.05, 0.1) is 15.5 Å². The summed E-state index contributed by atoms with van der Waals surface area (Å²) in [5.74, 6) is 0. The minimum atomic E-state index is -0.392. The topological polar surface area (TPSA) is 6.48 Å². The lowest BCUT2D eigenvalue weighted by atomic mass is 9.68. The predicted octanol–water partition coefficient (Wildman–Crippen LogP) is 8.30. The van der Waals surface area contributed by atoms with Gasteiger partial charge in [-0.3, -0.25) is 0 Å². The molecule has 4 aromatic rings. The fraction of sp³-hybridized carbons (Fsp3) is 0.152. The van der Waals surface area contributed by atoms with E-state index in [2.05, 4.69) is 110 Å². The van der Waals surface area contributed by atoms with Crippen molar-refractivity contribution >= 4 is 23.5 Å². The van der Waals surface area contributed by atoms with E-state index in [9.17, 15) is 0 Å². The molecule has 1 aliphatic carbocycles. The van der Waals surface area contributed by atoms with Crippen LogP contribution in [0.4, 0.5) is 0 Å². The summed E-state index contributed by atoms with van der Waals surface area (Å²) in [5, 5.41) is 2.04. The molecule has 0 fully saturated rings. The average molecular weight is 521 g/mol. The highest BCUT2D eigenvalue weighted by Crippen LogP contribution is 2.56. The summed E-state index contributed by atoms with van der Waals surface area (Å²) in [7, 11) is 8.11. The van der Waals surface area contributed by atoms with E-state index in [1.807, 2.05) is 38.0 Å². The number of thioether (sulfide) groups is 2. The molecule has 37 heavy (non-hydrogen) atoms. The Morgan fingerprint density at radius 1 is 0.541 bits per heavy atom. The zero-order valence-corrected chi connectivity index (χ0v) is 23.5. The van der Waals surface area contributed by atoms with Gasteiger partial charge in [0.1, 0.15) is 0 Å². The molecule has 0 spiro atoms. The van der Waals surface area contributed by atoms with Gasteiger partial charge >= 0.3 is 0 Å². The number of benzene rings is 4. The monoisotopic (exact) mass is 520 g/mol. The van der Waals surface area contributed by atoms with Crippen LogP contribution in [0, 0.1) is 0 Å². The lowest BCUT2D eigenvalue weighted by Crippen LogP contribution is -2.28. The molecule has 0 saturated heterocycles. The number of nitrogens with zero attached hydrogens (tertiary/aromatic N) is 2. The summed E-state index contributed by atoms with van der Waals surface area (Å²) in [5.41, 5.74) is 7.40. The van der Waals surface area contributed by atoms with Crippen molar-refractivity contribution in [3.05, 3.63) is 143 Å².